The predicted molar refractivity (Wildman–Crippen MR) is 78.5 cm³/mol. The van der Waals surface area contributed by atoms with Crippen LogP contribution in [-0.2, 0) is 11.3 Å². The van der Waals surface area contributed by atoms with E-state index in [9.17, 15) is 4.79 Å². The average molecular weight is 269 g/mol. The van der Waals surface area contributed by atoms with Crippen LogP contribution < -0.4 is 10.6 Å². The highest BCUT2D eigenvalue weighted by Crippen LogP contribution is 2.24. The van der Waals surface area contributed by atoms with Gasteiger partial charge < -0.3 is 15.6 Å². The van der Waals surface area contributed by atoms with Crippen LogP contribution in [0.5, 0.6) is 0 Å². The summed E-state index contributed by atoms with van der Waals surface area (Å²) >= 11 is 0. The van der Waals surface area contributed by atoms with Gasteiger partial charge in [-0.1, -0.05) is 18.2 Å². The Balaban J connectivity index is 1.46. The number of rotatable bonds is 3. The minimum Gasteiger partial charge on any atom is -0.357 e. The van der Waals surface area contributed by atoms with E-state index in [-0.39, 0.29) is 12.1 Å². The number of fused-ring (bicyclic) bond motifs is 3. The molecule has 4 nitrogen and oxygen atoms in total. The number of aromatic amines is 1. The summed E-state index contributed by atoms with van der Waals surface area (Å²) in [7, 11) is 0. The minimum atomic E-state index is 0.0140. The highest BCUT2D eigenvalue weighted by Gasteiger charge is 2.39. The third kappa shape index (κ3) is 2.05. The molecular weight excluding hydrogens is 250 g/mol. The van der Waals surface area contributed by atoms with Crippen LogP contribution in [0.3, 0.4) is 0 Å². The van der Waals surface area contributed by atoms with Gasteiger partial charge in [-0.2, -0.15) is 0 Å². The van der Waals surface area contributed by atoms with E-state index < -0.39 is 0 Å². The number of H-pyrrole nitrogens is 1. The zero-order chi connectivity index (χ0) is 13.5. The van der Waals surface area contributed by atoms with Crippen LogP contribution >= 0.6 is 0 Å². The molecular formula is C16H19N3O. The van der Waals surface area contributed by atoms with Gasteiger partial charge in [-0.3, -0.25) is 4.79 Å². The van der Waals surface area contributed by atoms with Gasteiger partial charge in [0.1, 0.15) is 0 Å². The van der Waals surface area contributed by atoms with Gasteiger partial charge in [0.05, 0.1) is 12.1 Å². The second-order valence-electron chi connectivity index (χ2n) is 5.95. The molecule has 3 unspecified atom stereocenters. The van der Waals surface area contributed by atoms with Crippen molar-refractivity contribution in [2.45, 2.75) is 43.9 Å². The SMILES string of the molecule is O=C1C(NCc2cc3ccccc3[nH]2)CC2CCC1N2. The van der Waals surface area contributed by atoms with Gasteiger partial charge in [0.2, 0.25) is 0 Å². The molecule has 1 aromatic carbocycles. The van der Waals surface area contributed by atoms with Crippen molar-refractivity contribution in [2.75, 3.05) is 0 Å². The number of hydrogen-bond acceptors (Lipinski definition) is 3. The molecule has 0 aliphatic carbocycles. The van der Waals surface area contributed by atoms with Gasteiger partial charge in [0.15, 0.2) is 5.78 Å². The second-order valence-corrected chi connectivity index (χ2v) is 5.95. The second kappa shape index (κ2) is 4.72. The summed E-state index contributed by atoms with van der Waals surface area (Å²) in [6, 6.07) is 11.0. The number of Topliss-reactive ketones (excluding diaryl/α,β-unsaturated/α-hetero) is 1. The Bertz CT molecular complexity index is 615. The van der Waals surface area contributed by atoms with E-state index in [0.717, 1.165) is 37.0 Å². The lowest BCUT2D eigenvalue weighted by atomic mass is 9.98. The van der Waals surface area contributed by atoms with E-state index in [1.807, 2.05) is 12.1 Å². The number of carbonyl (C=O) groups is 1. The summed E-state index contributed by atoms with van der Waals surface area (Å²) in [6.45, 7) is 0.727. The molecule has 2 saturated heterocycles. The molecule has 2 aliphatic rings. The van der Waals surface area contributed by atoms with Gasteiger partial charge in [0, 0.05) is 23.8 Å². The lowest BCUT2D eigenvalue weighted by Gasteiger charge is -2.28. The first-order chi connectivity index (χ1) is 9.79. The fourth-order valence-corrected chi connectivity index (χ4v) is 3.52. The predicted octanol–water partition coefficient (Wildman–Crippen LogP) is 1.72. The standard InChI is InChI=1S/C16H19N3O/c20-16-14-6-5-11(18-14)8-15(16)17-9-12-7-10-3-1-2-4-13(10)19-12/h1-4,7,11,14-15,17-19H,5-6,8-9H2. The normalized spacial score (nSPS) is 29.2. The molecule has 4 heteroatoms. The lowest BCUT2D eigenvalue weighted by molar-refractivity contribution is -0.124. The molecule has 3 atom stereocenters. The van der Waals surface area contributed by atoms with Gasteiger partial charge in [-0.25, -0.2) is 0 Å². The van der Waals surface area contributed by atoms with Crippen LogP contribution in [-0.4, -0.2) is 28.9 Å². The van der Waals surface area contributed by atoms with E-state index in [1.165, 1.54) is 5.39 Å². The third-order valence-corrected chi connectivity index (χ3v) is 4.57. The minimum absolute atomic E-state index is 0.0140. The smallest absolute Gasteiger partial charge is 0.166 e. The molecule has 0 amide bonds. The van der Waals surface area contributed by atoms with Crippen LogP contribution in [0.4, 0.5) is 0 Å². The number of benzene rings is 1. The zero-order valence-electron chi connectivity index (χ0n) is 11.4. The lowest BCUT2D eigenvalue weighted by Crippen LogP contribution is -2.53. The average Bonchev–Trinajstić information content (AvgIpc) is 3.05. The summed E-state index contributed by atoms with van der Waals surface area (Å²) in [6.07, 6.45) is 3.07. The van der Waals surface area contributed by atoms with Crippen molar-refractivity contribution in [1.29, 1.82) is 0 Å². The van der Waals surface area contributed by atoms with E-state index in [1.54, 1.807) is 0 Å². The molecule has 2 aliphatic heterocycles. The van der Waals surface area contributed by atoms with Crippen LogP contribution in [0.25, 0.3) is 10.9 Å². The van der Waals surface area contributed by atoms with Crippen molar-refractivity contribution in [3.63, 3.8) is 0 Å². The van der Waals surface area contributed by atoms with E-state index in [4.69, 9.17) is 0 Å². The Kier molecular flexibility index (Phi) is 2.86. The number of nitrogens with one attached hydrogen (secondary N) is 3. The highest BCUT2D eigenvalue weighted by atomic mass is 16.1. The van der Waals surface area contributed by atoms with Gasteiger partial charge in [-0.05, 0) is 36.8 Å². The topological polar surface area (TPSA) is 56.9 Å². The molecule has 0 radical (unpaired) electrons. The molecule has 0 spiro atoms. The molecule has 2 aromatic rings. The summed E-state index contributed by atoms with van der Waals surface area (Å²) in [5, 5.41) is 8.04. The van der Waals surface area contributed by atoms with Crippen molar-refractivity contribution < 1.29 is 4.79 Å². The molecule has 0 saturated carbocycles. The Morgan fingerprint density at radius 1 is 1.25 bits per heavy atom. The van der Waals surface area contributed by atoms with Crippen molar-refractivity contribution >= 4 is 16.7 Å². The van der Waals surface area contributed by atoms with Crippen molar-refractivity contribution in [2.24, 2.45) is 0 Å². The maximum atomic E-state index is 12.2. The monoisotopic (exact) mass is 269 g/mol. The number of hydrogen-bond donors (Lipinski definition) is 3. The molecule has 1 aromatic heterocycles. The first kappa shape index (κ1) is 12.1. The summed E-state index contributed by atoms with van der Waals surface area (Å²) in [4.78, 5) is 15.6. The van der Waals surface area contributed by atoms with E-state index >= 15 is 0 Å². The molecule has 2 fully saturated rings. The summed E-state index contributed by atoms with van der Waals surface area (Å²) in [5.41, 5.74) is 2.30. The Morgan fingerprint density at radius 3 is 3.05 bits per heavy atom. The quantitative estimate of drug-likeness (QED) is 0.795. The van der Waals surface area contributed by atoms with Crippen molar-refractivity contribution in [3.05, 3.63) is 36.0 Å². The number of piperidine rings is 1. The molecule has 2 bridgehead atoms. The first-order valence-electron chi connectivity index (χ1n) is 7.39. The Labute approximate surface area is 117 Å². The molecule has 104 valence electrons. The number of carbonyl (C=O) groups excluding carboxylic acids is 1. The van der Waals surface area contributed by atoms with E-state index in [0.29, 0.717) is 11.8 Å². The fraction of sp³-hybridized carbons (Fsp3) is 0.438. The van der Waals surface area contributed by atoms with Gasteiger partial charge >= 0.3 is 0 Å². The largest absolute Gasteiger partial charge is 0.357 e. The molecule has 3 heterocycles. The summed E-state index contributed by atoms with van der Waals surface area (Å²) < 4.78 is 0. The number of ketones is 1. The molecule has 20 heavy (non-hydrogen) atoms. The number of para-hydroxylation sites is 1. The van der Waals surface area contributed by atoms with Gasteiger partial charge in [0.25, 0.3) is 0 Å². The summed E-state index contributed by atoms with van der Waals surface area (Å²) in [5.74, 6) is 0.342. The van der Waals surface area contributed by atoms with Gasteiger partial charge in [-0.15, -0.1) is 0 Å². The van der Waals surface area contributed by atoms with Crippen molar-refractivity contribution in [1.82, 2.24) is 15.6 Å². The van der Waals surface area contributed by atoms with Crippen LogP contribution in [0.2, 0.25) is 0 Å². The van der Waals surface area contributed by atoms with Crippen molar-refractivity contribution in [3.8, 4) is 0 Å². The zero-order valence-corrected chi connectivity index (χ0v) is 11.4. The van der Waals surface area contributed by atoms with Crippen LogP contribution in [0.15, 0.2) is 30.3 Å². The first-order valence-corrected chi connectivity index (χ1v) is 7.39. The van der Waals surface area contributed by atoms with Crippen LogP contribution in [0, 0.1) is 0 Å². The maximum absolute atomic E-state index is 12.2. The molecule has 3 N–H and O–H groups in total. The number of aromatic nitrogens is 1. The molecule has 4 rings (SSSR count). The maximum Gasteiger partial charge on any atom is 0.166 e. The highest BCUT2D eigenvalue weighted by molar-refractivity contribution is 5.90. The van der Waals surface area contributed by atoms with E-state index in [2.05, 4.69) is 33.8 Å². The Morgan fingerprint density at radius 2 is 2.15 bits per heavy atom. The third-order valence-electron chi connectivity index (χ3n) is 4.57. The Hall–Kier alpha value is -1.65. The van der Waals surface area contributed by atoms with Crippen LogP contribution in [0.1, 0.15) is 25.0 Å². The fourth-order valence-electron chi connectivity index (χ4n) is 3.52.